The minimum absolute atomic E-state index is 0.0947. The van der Waals surface area contributed by atoms with E-state index in [4.69, 9.17) is 9.47 Å². The molecule has 0 spiro atoms. The first-order valence-corrected chi connectivity index (χ1v) is 12.7. The number of phenolic OH excluding ortho intramolecular Hbond substituents is 1. The molecule has 1 aliphatic heterocycles. The van der Waals surface area contributed by atoms with Crippen molar-refractivity contribution in [1.82, 2.24) is 4.31 Å². The second-order valence-electron chi connectivity index (χ2n) is 9.22. The molecule has 1 saturated carbocycles. The second-order valence-corrected chi connectivity index (χ2v) is 11.2. The van der Waals surface area contributed by atoms with Crippen molar-refractivity contribution in [3.8, 4) is 5.75 Å². The van der Waals surface area contributed by atoms with Gasteiger partial charge < -0.3 is 14.6 Å². The summed E-state index contributed by atoms with van der Waals surface area (Å²) in [6.07, 6.45) is 4.22. The maximum atomic E-state index is 12.7. The highest BCUT2D eigenvalue weighted by atomic mass is 32.2. The largest absolute Gasteiger partial charge is 0.507 e. The summed E-state index contributed by atoms with van der Waals surface area (Å²) in [7, 11) is -3.76. The minimum atomic E-state index is -3.76. The monoisotopic (exact) mass is 467 g/mol. The molecule has 1 aromatic rings. The normalized spacial score (nSPS) is 24.4. The van der Waals surface area contributed by atoms with Crippen molar-refractivity contribution in [3.63, 3.8) is 0 Å². The number of carbonyl (C=O) groups is 2. The third-order valence-electron chi connectivity index (χ3n) is 6.46. The van der Waals surface area contributed by atoms with Gasteiger partial charge in [-0.05, 0) is 61.6 Å². The Balaban J connectivity index is 1.63. The van der Waals surface area contributed by atoms with Gasteiger partial charge in [-0.3, -0.25) is 0 Å². The number of hydrogen-bond acceptors (Lipinski definition) is 7. The summed E-state index contributed by atoms with van der Waals surface area (Å²) in [5, 5.41) is 10.1. The Morgan fingerprint density at radius 1 is 1.19 bits per heavy atom. The molecule has 0 aromatic heterocycles. The Morgan fingerprint density at radius 2 is 1.88 bits per heavy atom. The number of aromatic hydroxyl groups is 1. The summed E-state index contributed by atoms with van der Waals surface area (Å²) in [5.41, 5.74) is -0.301. The van der Waals surface area contributed by atoms with Gasteiger partial charge in [0.25, 0.3) is 0 Å². The topological polar surface area (TPSA) is 110 Å². The molecule has 0 amide bonds. The molecule has 1 heterocycles. The van der Waals surface area contributed by atoms with E-state index in [9.17, 15) is 23.1 Å². The molecule has 0 bridgehead atoms. The molecule has 178 valence electrons. The fourth-order valence-electron chi connectivity index (χ4n) is 4.57. The Morgan fingerprint density at radius 3 is 2.53 bits per heavy atom. The van der Waals surface area contributed by atoms with Gasteiger partial charge in [0.1, 0.15) is 17.4 Å². The molecule has 1 aromatic carbocycles. The average Bonchev–Trinajstić information content (AvgIpc) is 3.28. The van der Waals surface area contributed by atoms with Crippen LogP contribution in [0.25, 0.3) is 0 Å². The van der Waals surface area contributed by atoms with Gasteiger partial charge in [0.05, 0.1) is 4.90 Å². The van der Waals surface area contributed by atoms with Crippen LogP contribution >= 0.6 is 0 Å². The molecular weight excluding hydrogens is 434 g/mol. The van der Waals surface area contributed by atoms with Gasteiger partial charge in [0.2, 0.25) is 10.0 Å². The van der Waals surface area contributed by atoms with Crippen LogP contribution in [0, 0.1) is 17.8 Å². The Bertz CT molecular complexity index is 938. The standard InChI is InChI=1S/C23H33NO7S/c1-15(2)18-8-6-16(3)12-21(18)31-22(26)14-30-23(27)19-13-17(7-9-20(19)25)32(28,29)24-10-4-5-11-24/h7,9,13,15-16,18,21,25H,4-6,8,10-12,14H2,1-3H3/t16-,18-,21+/m1/s1. The van der Waals surface area contributed by atoms with E-state index in [1.807, 2.05) is 0 Å². The fraction of sp³-hybridized carbons (Fsp3) is 0.652. The van der Waals surface area contributed by atoms with Crippen molar-refractivity contribution >= 4 is 22.0 Å². The molecule has 0 radical (unpaired) electrons. The summed E-state index contributed by atoms with van der Waals surface area (Å²) in [6.45, 7) is 6.58. The van der Waals surface area contributed by atoms with Crippen molar-refractivity contribution in [2.45, 2.75) is 63.9 Å². The number of esters is 2. The van der Waals surface area contributed by atoms with E-state index in [1.54, 1.807) is 0 Å². The summed E-state index contributed by atoms with van der Waals surface area (Å²) in [5.74, 6) is -0.937. The summed E-state index contributed by atoms with van der Waals surface area (Å²) < 4.78 is 37.5. The van der Waals surface area contributed by atoms with E-state index in [0.717, 1.165) is 44.2 Å². The van der Waals surface area contributed by atoms with E-state index in [1.165, 1.54) is 10.4 Å². The SMILES string of the molecule is CC(C)[C@H]1CC[C@@H](C)C[C@@H]1OC(=O)COC(=O)c1cc(S(=O)(=O)N2CCCC2)ccc1O. The molecule has 1 N–H and O–H groups in total. The van der Waals surface area contributed by atoms with E-state index < -0.39 is 34.3 Å². The van der Waals surface area contributed by atoms with Gasteiger partial charge in [-0.25, -0.2) is 18.0 Å². The highest BCUT2D eigenvalue weighted by Crippen LogP contribution is 2.35. The zero-order valence-electron chi connectivity index (χ0n) is 19.0. The van der Waals surface area contributed by atoms with Crippen LogP contribution in [0.5, 0.6) is 5.75 Å². The predicted molar refractivity (Wildman–Crippen MR) is 118 cm³/mol. The Labute approximate surface area is 189 Å². The number of benzene rings is 1. The molecule has 2 aliphatic rings. The summed E-state index contributed by atoms with van der Waals surface area (Å²) in [4.78, 5) is 24.7. The minimum Gasteiger partial charge on any atom is -0.507 e. The molecule has 3 rings (SSSR count). The average molecular weight is 468 g/mol. The number of carbonyl (C=O) groups excluding carboxylic acids is 2. The molecule has 2 fully saturated rings. The molecule has 0 unspecified atom stereocenters. The van der Waals surface area contributed by atoms with E-state index in [2.05, 4.69) is 20.8 Å². The van der Waals surface area contributed by atoms with Crippen LogP contribution in [-0.4, -0.2) is 55.6 Å². The lowest BCUT2D eigenvalue weighted by atomic mass is 9.75. The number of nitrogens with zero attached hydrogens (tertiary/aromatic N) is 1. The van der Waals surface area contributed by atoms with Gasteiger partial charge in [-0.1, -0.05) is 27.2 Å². The van der Waals surface area contributed by atoms with Crippen LogP contribution in [0.3, 0.4) is 0 Å². The van der Waals surface area contributed by atoms with Crippen LogP contribution < -0.4 is 0 Å². The summed E-state index contributed by atoms with van der Waals surface area (Å²) >= 11 is 0. The van der Waals surface area contributed by atoms with Crippen LogP contribution in [0.1, 0.15) is 63.2 Å². The highest BCUT2D eigenvalue weighted by molar-refractivity contribution is 7.89. The first kappa shape index (κ1) is 24.5. The van der Waals surface area contributed by atoms with Gasteiger partial charge in [0, 0.05) is 13.1 Å². The number of phenols is 1. The number of sulfonamides is 1. The first-order valence-electron chi connectivity index (χ1n) is 11.3. The Hall–Kier alpha value is -2.13. The molecule has 32 heavy (non-hydrogen) atoms. The zero-order valence-corrected chi connectivity index (χ0v) is 19.8. The highest BCUT2D eigenvalue weighted by Gasteiger charge is 2.34. The van der Waals surface area contributed by atoms with Crippen LogP contribution in [0.2, 0.25) is 0 Å². The van der Waals surface area contributed by atoms with Gasteiger partial charge in [-0.2, -0.15) is 4.31 Å². The molecule has 3 atom stereocenters. The van der Waals surface area contributed by atoms with E-state index >= 15 is 0 Å². The lowest BCUT2D eigenvalue weighted by Gasteiger charge is -2.36. The van der Waals surface area contributed by atoms with Crippen molar-refractivity contribution < 1.29 is 32.6 Å². The first-order chi connectivity index (χ1) is 15.1. The molecule has 8 nitrogen and oxygen atoms in total. The number of ether oxygens (including phenoxy) is 2. The maximum absolute atomic E-state index is 12.7. The van der Waals surface area contributed by atoms with Crippen molar-refractivity contribution in [3.05, 3.63) is 23.8 Å². The van der Waals surface area contributed by atoms with E-state index in [0.29, 0.717) is 24.9 Å². The third kappa shape index (κ3) is 5.61. The van der Waals surface area contributed by atoms with Gasteiger partial charge >= 0.3 is 11.9 Å². The predicted octanol–water partition coefficient (Wildman–Crippen LogP) is 3.34. The van der Waals surface area contributed by atoms with E-state index in [-0.39, 0.29) is 22.5 Å². The second kappa shape index (κ2) is 10.2. The molecule has 9 heteroatoms. The van der Waals surface area contributed by atoms with Gasteiger partial charge in [-0.15, -0.1) is 0 Å². The summed E-state index contributed by atoms with van der Waals surface area (Å²) in [6, 6.07) is 3.49. The fourth-order valence-corrected chi connectivity index (χ4v) is 6.12. The zero-order chi connectivity index (χ0) is 23.5. The van der Waals surface area contributed by atoms with Crippen LogP contribution in [0.15, 0.2) is 23.1 Å². The third-order valence-corrected chi connectivity index (χ3v) is 8.35. The lowest BCUT2D eigenvalue weighted by Crippen LogP contribution is -2.36. The van der Waals surface area contributed by atoms with Crippen molar-refractivity contribution in [2.75, 3.05) is 19.7 Å². The van der Waals surface area contributed by atoms with Gasteiger partial charge in [0.15, 0.2) is 6.61 Å². The van der Waals surface area contributed by atoms with Crippen molar-refractivity contribution in [1.29, 1.82) is 0 Å². The number of rotatable bonds is 7. The molecule has 1 saturated heterocycles. The quantitative estimate of drug-likeness (QED) is 0.612. The molecular formula is C23H33NO7S. The van der Waals surface area contributed by atoms with Crippen LogP contribution in [0.4, 0.5) is 0 Å². The van der Waals surface area contributed by atoms with Crippen LogP contribution in [-0.2, 0) is 24.3 Å². The van der Waals surface area contributed by atoms with Crippen molar-refractivity contribution in [2.24, 2.45) is 17.8 Å². The smallest absolute Gasteiger partial charge is 0.344 e. The maximum Gasteiger partial charge on any atom is 0.344 e. The Kier molecular flexibility index (Phi) is 7.82. The lowest BCUT2D eigenvalue weighted by molar-refractivity contribution is -0.159. The molecule has 1 aliphatic carbocycles. The number of hydrogen-bond donors (Lipinski definition) is 1.